The van der Waals surface area contributed by atoms with Gasteiger partial charge >= 0.3 is 0 Å². The fourth-order valence-electron chi connectivity index (χ4n) is 3.19. The molecule has 168 valence electrons. The SMILES string of the molecule is COc1ccc(C(=O)N[C@H](C)c2ccc(Cl)cc2)cc1S(=O)(=O)NCCc1ccccc1. The van der Waals surface area contributed by atoms with Crippen molar-refractivity contribution in [3.05, 3.63) is 94.5 Å². The average molecular weight is 473 g/mol. The number of ether oxygens (including phenoxy) is 1. The number of amides is 1. The third-order valence-electron chi connectivity index (χ3n) is 4.98. The first-order valence-electron chi connectivity index (χ1n) is 10.1. The minimum Gasteiger partial charge on any atom is -0.495 e. The van der Waals surface area contributed by atoms with Gasteiger partial charge in [0.2, 0.25) is 10.0 Å². The van der Waals surface area contributed by atoms with Crippen LogP contribution in [0, 0.1) is 0 Å². The molecule has 3 aromatic carbocycles. The van der Waals surface area contributed by atoms with Gasteiger partial charge < -0.3 is 10.1 Å². The highest BCUT2D eigenvalue weighted by Gasteiger charge is 2.22. The summed E-state index contributed by atoms with van der Waals surface area (Å²) in [6.07, 6.45) is 0.543. The highest BCUT2D eigenvalue weighted by Crippen LogP contribution is 2.25. The Morgan fingerprint density at radius 3 is 2.38 bits per heavy atom. The topological polar surface area (TPSA) is 84.5 Å². The molecule has 0 unspecified atom stereocenters. The maximum atomic E-state index is 12.9. The summed E-state index contributed by atoms with van der Waals surface area (Å²) in [7, 11) is -2.49. The van der Waals surface area contributed by atoms with Crippen LogP contribution in [-0.4, -0.2) is 28.0 Å². The van der Waals surface area contributed by atoms with Crippen LogP contribution < -0.4 is 14.8 Å². The van der Waals surface area contributed by atoms with Crippen LogP contribution in [0.3, 0.4) is 0 Å². The maximum absolute atomic E-state index is 12.9. The van der Waals surface area contributed by atoms with Crippen molar-refractivity contribution in [2.24, 2.45) is 0 Å². The molecule has 0 radical (unpaired) electrons. The summed E-state index contributed by atoms with van der Waals surface area (Å²) in [6.45, 7) is 2.06. The van der Waals surface area contributed by atoms with Crippen molar-refractivity contribution in [1.82, 2.24) is 10.0 Å². The fourth-order valence-corrected chi connectivity index (χ4v) is 4.55. The fraction of sp³-hybridized carbons (Fsp3) is 0.208. The number of sulfonamides is 1. The molecule has 1 amide bonds. The number of nitrogens with one attached hydrogen (secondary N) is 2. The van der Waals surface area contributed by atoms with Crippen LogP contribution in [0.25, 0.3) is 0 Å². The zero-order valence-electron chi connectivity index (χ0n) is 17.8. The first-order valence-corrected chi connectivity index (χ1v) is 11.9. The highest BCUT2D eigenvalue weighted by atomic mass is 35.5. The Balaban J connectivity index is 1.74. The second-order valence-corrected chi connectivity index (χ2v) is 9.42. The molecule has 2 N–H and O–H groups in total. The lowest BCUT2D eigenvalue weighted by molar-refractivity contribution is 0.0939. The molecule has 3 rings (SSSR count). The normalized spacial score (nSPS) is 12.2. The third-order valence-corrected chi connectivity index (χ3v) is 6.72. The number of carbonyl (C=O) groups excluding carboxylic acids is 1. The van der Waals surface area contributed by atoms with E-state index in [0.29, 0.717) is 11.4 Å². The molecule has 0 fully saturated rings. The highest BCUT2D eigenvalue weighted by molar-refractivity contribution is 7.89. The van der Waals surface area contributed by atoms with Crippen molar-refractivity contribution in [2.75, 3.05) is 13.7 Å². The van der Waals surface area contributed by atoms with Gasteiger partial charge in [-0.05, 0) is 54.8 Å². The van der Waals surface area contributed by atoms with Gasteiger partial charge in [-0.25, -0.2) is 13.1 Å². The van der Waals surface area contributed by atoms with E-state index in [9.17, 15) is 13.2 Å². The summed E-state index contributed by atoms with van der Waals surface area (Å²) in [4.78, 5) is 12.7. The van der Waals surface area contributed by atoms with Crippen molar-refractivity contribution >= 4 is 27.5 Å². The van der Waals surface area contributed by atoms with Gasteiger partial charge in [-0.1, -0.05) is 54.1 Å². The minimum atomic E-state index is -3.88. The van der Waals surface area contributed by atoms with Crippen LogP contribution in [0.5, 0.6) is 5.75 Å². The van der Waals surface area contributed by atoms with Gasteiger partial charge in [0.15, 0.2) is 0 Å². The average Bonchev–Trinajstić information content (AvgIpc) is 2.79. The Labute approximate surface area is 193 Å². The molecule has 32 heavy (non-hydrogen) atoms. The molecule has 0 aliphatic rings. The van der Waals surface area contributed by atoms with Crippen LogP contribution >= 0.6 is 11.6 Å². The monoisotopic (exact) mass is 472 g/mol. The third kappa shape index (κ3) is 6.09. The van der Waals surface area contributed by atoms with E-state index in [1.165, 1.54) is 25.3 Å². The second kappa shape index (κ2) is 10.6. The Morgan fingerprint density at radius 2 is 1.72 bits per heavy atom. The molecule has 0 saturated heterocycles. The molecule has 0 spiro atoms. The number of methoxy groups -OCH3 is 1. The van der Waals surface area contributed by atoms with Crippen LogP contribution in [0.15, 0.2) is 77.7 Å². The summed E-state index contributed by atoms with van der Waals surface area (Å²) < 4.78 is 33.6. The number of carbonyl (C=O) groups is 1. The van der Waals surface area contributed by atoms with E-state index >= 15 is 0 Å². The molecule has 0 bridgehead atoms. The summed E-state index contributed by atoms with van der Waals surface area (Å²) in [5, 5.41) is 3.48. The molecular formula is C24H25ClN2O4S. The molecule has 3 aromatic rings. The van der Waals surface area contributed by atoms with Crippen molar-refractivity contribution < 1.29 is 17.9 Å². The van der Waals surface area contributed by atoms with E-state index in [4.69, 9.17) is 16.3 Å². The maximum Gasteiger partial charge on any atom is 0.251 e. The van der Waals surface area contributed by atoms with E-state index < -0.39 is 15.9 Å². The van der Waals surface area contributed by atoms with Crippen LogP contribution in [0.1, 0.15) is 34.5 Å². The molecule has 0 aliphatic carbocycles. The molecule has 0 saturated carbocycles. The molecule has 1 atom stereocenters. The number of rotatable bonds is 9. The summed E-state index contributed by atoms with van der Waals surface area (Å²) in [6, 6.07) is 20.8. The number of halogens is 1. The lowest BCUT2D eigenvalue weighted by atomic mass is 10.1. The van der Waals surface area contributed by atoms with Gasteiger partial charge in [-0.15, -0.1) is 0 Å². The Morgan fingerprint density at radius 1 is 1.03 bits per heavy atom. The lowest BCUT2D eigenvalue weighted by Gasteiger charge is -2.16. The summed E-state index contributed by atoms with van der Waals surface area (Å²) >= 11 is 5.92. The van der Waals surface area contributed by atoms with Gasteiger partial charge in [0.05, 0.1) is 13.2 Å². The number of hydrogen-bond donors (Lipinski definition) is 2. The smallest absolute Gasteiger partial charge is 0.251 e. The van der Waals surface area contributed by atoms with Gasteiger partial charge in [0.1, 0.15) is 10.6 Å². The Bertz CT molecular complexity index is 1170. The van der Waals surface area contributed by atoms with E-state index in [-0.39, 0.29) is 28.8 Å². The lowest BCUT2D eigenvalue weighted by Crippen LogP contribution is -2.28. The Hall–Kier alpha value is -2.87. The molecule has 8 heteroatoms. The molecular weight excluding hydrogens is 448 g/mol. The Kier molecular flexibility index (Phi) is 7.90. The minimum absolute atomic E-state index is 0.0835. The van der Waals surface area contributed by atoms with E-state index in [1.807, 2.05) is 49.4 Å². The number of benzene rings is 3. The first-order chi connectivity index (χ1) is 15.3. The van der Waals surface area contributed by atoms with E-state index in [2.05, 4.69) is 10.0 Å². The van der Waals surface area contributed by atoms with Crippen LogP contribution in [0.2, 0.25) is 5.02 Å². The first kappa shape index (κ1) is 23.8. The van der Waals surface area contributed by atoms with Gasteiger partial charge in [-0.2, -0.15) is 0 Å². The largest absolute Gasteiger partial charge is 0.495 e. The van der Waals surface area contributed by atoms with Gasteiger partial charge in [-0.3, -0.25) is 4.79 Å². The zero-order valence-corrected chi connectivity index (χ0v) is 19.4. The van der Waals surface area contributed by atoms with Crippen LogP contribution in [-0.2, 0) is 16.4 Å². The van der Waals surface area contributed by atoms with E-state index in [0.717, 1.165) is 11.1 Å². The van der Waals surface area contributed by atoms with Crippen molar-refractivity contribution in [2.45, 2.75) is 24.3 Å². The molecule has 6 nitrogen and oxygen atoms in total. The predicted octanol–water partition coefficient (Wildman–Crippen LogP) is 4.36. The van der Waals surface area contributed by atoms with Crippen molar-refractivity contribution in [3.8, 4) is 5.75 Å². The van der Waals surface area contributed by atoms with E-state index in [1.54, 1.807) is 12.1 Å². The molecule has 0 aromatic heterocycles. The van der Waals surface area contributed by atoms with Crippen molar-refractivity contribution in [3.63, 3.8) is 0 Å². The van der Waals surface area contributed by atoms with Gasteiger partial charge in [0.25, 0.3) is 5.91 Å². The molecule has 0 heterocycles. The van der Waals surface area contributed by atoms with Gasteiger partial charge in [0, 0.05) is 17.1 Å². The zero-order chi connectivity index (χ0) is 23.1. The molecule has 0 aliphatic heterocycles. The second-order valence-electron chi connectivity index (χ2n) is 7.25. The summed E-state index contributed by atoms with van der Waals surface area (Å²) in [5.41, 5.74) is 2.12. The standard InChI is InChI=1S/C24H25ClN2O4S/c1-17(19-8-11-21(25)12-9-19)27-24(28)20-10-13-22(31-2)23(16-20)32(29,30)26-15-14-18-6-4-3-5-7-18/h3-13,16-17,26H,14-15H2,1-2H3,(H,27,28)/t17-/m1/s1. The predicted molar refractivity (Wildman–Crippen MR) is 126 cm³/mol. The summed E-state index contributed by atoms with van der Waals surface area (Å²) in [5.74, 6) is -0.227. The quantitative estimate of drug-likeness (QED) is 0.484. The van der Waals surface area contributed by atoms with Crippen molar-refractivity contribution in [1.29, 1.82) is 0 Å². The number of hydrogen-bond acceptors (Lipinski definition) is 4. The van der Waals surface area contributed by atoms with Crippen LogP contribution in [0.4, 0.5) is 0 Å².